The van der Waals surface area contributed by atoms with Gasteiger partial charge in [-0.05, 0) is 38.3 Å². The number of piperidine rings is 1. The van der Waals surface area contributed by atoms with Gasteiger partial charge < -0.3 is 9.64 Å². The predicted molar refractivity (Wildman–Crippen MR) is 83.1 cm³/mol. The fourth-order valence-electron chi connectivity index (χ4n) is 2.56. The maximum absolute atomic E-state index is 12.6. The van der Waals surface area contributed by atoms with Crippen molar-refractivity contribution >= 4 is 23.6 Å². The van der Waals surface area contributed by atoms with Crippen LogP contribution in [0.3, 0.4) is 0 Å². The van der Waals surface area contributed by atoms with Gasteiger partial charge in [-0.25, -0.2) is 4.79 Å². The number of likely N-dealkylation sites (tertiary alicyclic amines) is 1. The SMILES string of the molecule is COC(=O)C1CCCCN1C(=O)C(C)Sc1ccccc1. The molecule has 1 aromatic carbocycles. The molecular weight excluding hydrogens is 286 g/mol. The van der Waals surface area contributed by atoms with E-state index < -0.39 is 6.04 Å². The third-order valence-corrected chi connectivity index (χ3v) is 4.76. The third-order valence-electron chi connectivity index (χ3n) is 3.66. The van der Waals surface area contributed by atoms with Crippen LogP contribution in [0.15, 0.2) is 35.2 Å². The smallest absolute Gasteiger partial charge is 0.328 e. The summed E-state index contributed by atoms with van der Waals surface area (Å²) in [5.74, 6) is -0.293. The van der Waals surface area contributed by atoms with Gasteiger partial charge in [-0.1, -0.05) is 18.2 Å². The molecule has 0 aliphatic carbocycles. The average Bonchev–Trinajstić information content (AvgIpc) is 2.54. The molecule has 5 heteroatoms. The third kappa shape index (κ3) is 4.00. The number of esters is 1. The summed E-state index contributed by atoms with van der Waals surface area (Å²) in [6.45, 7) is 2.53. The van der Waals surface area contributed by atoms with Gasteiger partial charge in [-0.15, -0.1) is 11.8 Å². The zero-order valence-corrected chi connectivity index (χ0v) is 13.3. The van der Waals surface area contributed by atoms with Gasteiger partial charge in [-0.2, -0.15) is 0 Å². The number of methoxy groups -OCH3 is 1. The monoisotopic (exact) mass is 307 g/mol. The van der Waals surface area contributed by atoms with Crippen LogP contribution in [0.4, 0.5) is 0 Å². The number of benzene rings is 1. The Morgan fingerprint density at radius 1 is 1.29 bits per heavy atom. The van der Waals surface area contributed by atoms with Crippen molar-refractivity contribution in [2.75, 3.05) is 13.7 Å². The summed E-state index contributed by atoms with van der Waals surface area (Å²) in [7, 11) is 1.38. The highest BCUT2D eigenvalue weighted by atomic mass is 32.2. The Labute approximate surface area is 129 Å². The Balaban J connectivity index is 2.04. The second-order valence-corrected chi connectivity index (χ2v) is 6.55. The fourth-order valence-corrected chi connectivity index (χ4v) is 3.52. The van der Waals surface area contributed by atoms with Crippen LogP contribution in [0.2, 0.25) is 0 Å². The van der Waals surface area contributed by atoms with Gasteiger partial charge >= 0.3 is 5.97 Å². The van der Waals surface area contributed by atoms with Crippen molar-refractivity contribution in [3.63, 3.8) is 0 Å². The molecule has 1 fully saturated rings. The van der Waals surface area contributed by atoms with Crippen molar-refractivity contribution in [1.82, 2.24) is 4.90 Å². The molecule has 1 heterocycles. The first-order valence-corrected chi connectivity index (χ1v) is 8.11. The summed E-state index contributed by atoms with van der Waals surface area (Å²) in [4.78, 5) is 27.2. The number of amides is 1. The molecule has 0 bridgehead atoms. The van der Waals surface area contributed by atoms with Gasteiger partial charge in [0.2, 0.25) is 5.91 Å². The van der Waals surface area contributed by atoms with Crippen LogP contribution in [-0.4, -0.2) is 41.7 Å². The standard InChI is InChI=1S/C16H21NO3S/c1-12(21-13-8-4-3-5-9-13)15(18)17-11-7-6-10-14(17)16(19)20-2/h3-5,8-9,12,14H,6-7,10-11H2,1-2H3. The van der Waals surface area contributed by atoms with E-state index in [9.17, 15) is 9.59 Å². The number of carbonyl (C=O) groups excluding carboxylic acids is 2. The molecule has 114 valence electrons. The first-order valence-electron chi connectivity index (χ1n) is 7.23. The van der Waals surface area contributed by atoms with E-state index in [1.807, 2.05) is 37.3 Å². The van der Waals surface area contributed by atoms with Crippen LogP contribution in [0.5, 0.6) is 0 Å². The summed E-state index contributed by atoms with van der Waals surface area (Å²) >= 11 is 1.52. The average molecular weight is 307 g/mol. The Morgan fingerprint density at radius 3 is 2.67 bits per heavy atom. The molecule has 0 spiro atoms. The highest BCUT2D eigenvalue weighted by Gasteiger charge is 2.34. The molecule has 1 aliphatic rings. The van der Waals surface area contributed by atoms with E-state index in [2.05, 4.69) is 0 Å². The van der Waals surface area contributed by atoms with Crippen molar-refractivity contribution in [3.8, 4) is 0 Å². The molecule has 0 aromatic heterocycles. The molecule has 2 unspecified atom stereocenters. The van der Waals surface area contributed by atoms with E-state index in [1.54, 1.807) is 4.90 Å². The van der Waals surface area contributed by atoms with Crippen LogP contribution < -0.4 is 0 Å². The lowest BCUT2D eigenvalue weighted by Gasteiger charge is -2.35. The fraction of sp³-hybridized carbons (Fsp3) is 0.500. The summed E-state index contributed by atoms with van der Waals surface area (Å²) in [6, 6.07) is 9.42. The topological polar surface area (TPSA) is 46.6 Å². The Hall–Kier alpha value is -1.49. The molecule has 1 amide bonds. The zero-order valence-electron chi connectivity index (χ0n) is 12.5. The van der Waals surface area contributed by atoms with E-state index in [1.165, 1.54) is 18.9 Å². The quantitative estimate of drug-likeness (QED) is 0.634. The number of carbonyl (C=O) groups is 2. The van der Waals surface area contributed by atoms with E-state index in [-0.39, 0.29) is 17.1 Å². The maximum atomic E-state index is 12.6. The van der Waals surface area contributed by atoms with Crippen molar-refractivity contribution in [2.24, 2.45) is 0 Å². The molecule has 1 aromatic rings. The van der Waals surface area contributed by atoms with Crippen molar-refractivity contribution in [1.29, 1.82) is 0 Å². The van der Waals surface area contributed by atoms with Crippen LogP contribution >= 0.6 is 11.8 Å². The van der Waals surface area contributed by atoms with E-state index in [0.29, 0.717) is 13.0 Å². The molecule has 0 saturated carbocycles. The lowest BCUT2D eigenvalue weighted by molar-refractivity contribution is -0.154. The summed E-state index contributed by atoms with van der Waals surface area (Å²) in [5.41, 5.74) is 0. The maximum Gasteiger partial charge on any atom is 0.328 e. The normalized spacial score (nSPS) is 19.9. The first-order chi connectivity index (χ1) is 10.1. The second-order valence-electron chi connectivity index (χ2n) is 5.14. The number of nitrogens with zero attached hydrogens (tertiary/aromatic N) is 1. The van der Waals surface area contributed by atoms with Crippen molar-refractivity contribution in [2.45, 2.75) is 42.4 Å². The molecule has 4 nitrogen and oxygen atoms in total. The van der Waals surface area contributed by atoms with Gasteiger partial charge in [-0.3, -0.25) is 4.79 Å². The van der Waals surface area contributed by atoms with Crippen LogP contribution in [-0.2, 0) is 14.3 Å². The minimum absolute atomic E-state index is 0.0129. The number of rotatable bonds is 4. The summed E-state index contributed by atoms with van der Waals surface area (Å²) in [6.07, 6.45) is 2.60. The lowest BCUT2D eigenvalue weighted by atomic mass is 10.0. The Bertz CT molecular complexity index is 492. The molecule has 1 saturated heterocycles. The van der Waals surface area contributed by atoms with Crippen LogP contribution in [0.25, 0.3) is 0 Å². The van der Waals surface area contributed by atoms with E-state index in [0.717, 1.165) is 17.7 Å². The van der Waals surface area contributed by atoms with Gasteiger partial charge in [0.05, 0.1) is 12.4 Å². The summed E-state index contributed by atoms with van der Waals surface area (Å²) in [5, 5.41) is -0.211. The van der Waals surface area contributed by atoms with Crippen molar-refractivity contribution < 1.29 is 14.3 Å². The molecule has 21 heavy (non-hydrogen) atoms. The molecule has 0 radical (unpaired) electrons. The largest absolute Gasteiger partial charge is 0.467 e. The van der Waals surface area contributed by atoms with Crippen LogP contribution in [0.1, 0.15) is 26.2 Å². The summed E-state index contributed by atoms with van der Waals surface area (Å²) < 4.78 is 4.83. The molecule has 1 aliphatic heterocycles. The predicted octanol–water partition coefficient (Wildman–Crippen LogP) is 2.72. The van der Waals surface area contributed by atoms with Crippen molar-refractivity contribution in [3.05, 3.63) is 30.3 Å². The van der Waals surface area contributed by atoms with Gasteiger partial charge in [0.15, 0.2) is 0 Å². The molecular formula is C16H21NO3S. The first kappa shape index (κ1) is 15.9. The van der Waals surface area contributed by atoms with Crippen LogP contribution in [0, 0.1) is 0 Å². The number of hydrogen-bond donors (Lipinski definition) is 0. The van der Waals surface area contributed by atoms with E-state index in [4.69, 9.17) is 4.74 Å². The highest BCUT2D eigenvalue weighted by molar-refractivity contribution is 8.00. The number of thioether (sulfide) groups is 1. The minimum atomic E-state index is -0.421. The number of hydrogen-bond acceptors (Lipinski definition) is 4. The van der Waals surface area contributed by atoms with E-state index >= 15 is 0 Å². The van der Waals surface area contributed by atoms with Gasteiger partial charge in [0.1, 0.15) is 6.04 Å². The highest BCUT2D eigenvalue weighted by Crippen LogP contribution is 2.27. The molecule has 2 rings (SSSR count). The Morgan fingerprint density at radius 2 is 2.00 bits per heavy atom. The number of ether oxygens (including phenoxy) is 1. The zero-order chi connectivity index (χ0) is 15.2. The molecule has 2 atom stereocenters. The lowest BCUT2D eigenvalue weighted by Crippen LogP contribution is -2.50. The van der Waals surface area contributed by atoms with Gasteiger partial charge in [0, 0.05) is 11.4 Å². The minimum Gasteiger partial charge on any atom is -0.467 e. The van der Waals surface area contributed by atoms with Gasteiger partial charge in [0.25, 0.3) is 0 Å². The molecule has 0 N–H and O–H groups in total. The Kier molecular flexibility index (Phi) is 5.67. The second kappa shape index (κ2) is 7.50.